The minimum atomic E-state index is -0.841. The molecule has 0 aliphatic carbocycles. The van der Waals surface area contributed by atoms with E-state index in [0.29, 0.717) is 5.02 Å². The van der Waals surface area contributed by atoms with Crippen LogP contribution < -0.4 is 0 Å². The predicted molar refractivity (Wildman–Crippen MR) is 66.4 cm³/mol. The van der Waals surface area contributed by atoms with Crippen molar-refractivity contribution in [1.29, 1.82) is 0 Å². The zero-order valence-corrected chi connectivity index (χ0v) is 10.7. The zero-order chi connectivity index (χ0) is 12.8. The van der Waals surface area contributed by atoms with Gasteiger partial charge < -0.3 is 4.74 Å². The van der Waals surface area contributed by atoms with Gasteiger partial charge in [-0.1, -0.05) is 37.1 Å². The van der Waals surface area contributed by atoms with Gasteiger partial charge in [0, 0.05) is 10.6 Å². The molecule has 0 aliphatic heterocycles. The Bertz CT molecular complexity index is 427. The first kappa shape index (κ1) is 13.7. The van der Waals surface area contributed by atoms with Crippen LogP contribution in [0.2, 0.25) is 5.02 Å². The number of carbonyl (C=O) groups is 2. The summed E-state index contributed by atoms with van der Waals surface area (Å²) in [7, 11) is 0. The summed E-state index contributed by atoms with van der Waals surface area (Å²) in [5, 5.41) is 0.516. The van der Waals surface area contributed by atoms with Crippen LogP contribution in [0.5, 0.6) is 0 Å². The second-order valence-corrected chi connectivity index (χ2v) is 4.01. The monoisotopic (exact) mass is 254 g/mol. The average Bonchev–Trinajstić information content (AvgIpc) is 2.31. The molecule has 0 unspecified atom stereocenters. The van der Waals surface area contributed by atoms with E-state index in [1.54, 1.807) is 19.1 Å². The van der Waals surface area contributed by atoms with Crippen LogP contribution in [0.1, 0.15) is 36.2 Å². The predicted octanol–water partition coefficient (Wildman–Crippen LogP) is 3.04. The van der Waals surface area contributed by atoms with Gasteiger partial charge in [0.25, 0.3) is 5.78 Å². The van der Waals surface area contributed by atoms with Crippen molar-refractivity contribution in [2.24, 2.45) is 0 Å². The maximum Gasteiger partial charge on any atom is 0.379 e. The first-order valence-electron chi connectivity index (χ1n) is 5.60. The van der Waals surface area contributed by atoms with Crippen molar-refractivity contribution in [3.05, 3.63) is 34.3 Å². The van der Waals surface area contributed by atoms with Gasteiger partial charge in [-0.2, -0.15) is 0 Å². The Morgan fingerprint density at radius 3 is 2.53 bits per heavy atom. The Morgan fingerprint density at radius 1 is 1.29 bits per heavy atom. The molecule has 1 rings (SSSR count). The van der Waals surface area contributed by atoms with Crippen LogP contribution in [-0.4, -0.2) is 18.4 Å². The van der Waals surface area contributed by atoms with E-state index < -0.39 is 11.8 Å². The SMILES string of the molecule is CCCc1ccc(C(=O)C(=O)OCC)cc1Cl. The minimum absolute atomic E-state index is 0.187. The Balaban J connectivity index is 2.89. The summed E-state index contributed by atoms with van der Waals surface area (Å²) < 4.78 is 4.64. The zero-order valence-electron chi connectivity index (χ0n) is 9.96. The Labute approximate surface area is 106 Å². The fourth-order valence-corrected chi connectivity index (χ4v) is 1.75. The standard InChI is InChI=1S/C13H15ClO3/c1-3-5-9-6-7-10(8-11(9)14)12(15)13(16)17-4-2/h6-8H,3-5H2,1-2H3. The quantitative estimate of drug-likeness (QED) is 0.461. The van der Waals surface area contributed by atoms with Crippen molar-refractivity contribution in [2.75, 3.05) is 6.61 Å². The smallest absolute Gasteiger partial charge is 0.379 e. The first-order chi connectivity index (χ1) is 8.10. The van der Waals surface area contributed by atoms with Crippen molar-refractivity contribution < 1.29 is 14.3 Å². The number of Topliss-reactive ketones (excluding diaryl/α,β-unsaturated/α-hetero) is 1. The number of esters is 1. The van der Waals surface area contributed by atoms with E-state index >= 15 is 0 Å². The highest BCUT2D eigenvalue weighted by Gasteiger charge is 2.18. The molecule has 1 aromatic carbocycles. The summed E-state index contributed by atoms with van der Waals surface area (Å²) >= 11 is 6.03. The lowest BCUT2D eigenvalue weighted by atomic mass is 10.1. The average molecular weight is 255 g/mol. The summed E-state index contributed by atoms with van der Waals surface area (Å²) in [4.78, 5) is 22.9. The number of halogens is 1. The van der Waals surface area contributed by atoms with Crippen LogP contribution in [-0.2, 0) is 16.0 Å². The van der Waals surface area contributed by atoms with Gasteiger partial charge in [0.05, 0.1) is 6.61 Å². The topological polar surface area (TPSA) is 43.4 Å². The molecule has 0 fully saturated rings. The van der Waals surface area contributed by atoms with Gasteiger partial charge in [0.2, 0.25) is 0 Å². The van der Waals surface area contributed by atoms with E-state index in [1.165, 1.54) is 6.07 Å². The van der Waals surface area contributed by atoms with Gasteiger partial charge in [-0.05, 0) is 25.0 Å². The van der Waals surface area contributed by atoms with E-state index in [4.69, 9.17) is 11.6 Å². The molecule has 0 radical (unpaired) electrons. The van der Waals surface area contributed by atoms with E-state index in [-0.39, 0.29) is 12.2 Å². The van der Waals surface area contributed by atoms with Gasteiger partial charge in [-0.15, -0.1) is 0 Å². The number of ketones is 1. The molecule has 17 heavy (non-hydrogen) atoms. The van der Waals surface area contributed by atoms with Crippen LogP contribution in [0, 0.1) is 0 Å². The highest BCUT2D eigenvalue weighted by molar-refractivity contribution is 6.41. The normalized spacial score (nSPS) is 10.1. The third kappa shape index (κ3) is 3.56. The summed E-state index contributed by atoms with van der Waals surface area (Å²) in [6.45, 7) is 3.89. The van der Waals surface area contributed by atoms with E-state index in [0.717, 1.165) is 18.4 Å². The molecule has 0 saturated carbocycles. The lowest BCUT2D eigenvalue weighted by Gasteiger charge is -2.05. The van der Waals surface area contributed by atoms with Gasteiger partial charge in [-0.25, -0.2) is 4.79 Å². The van der Waals surface area contributed by atoms with Gasteiger partial charge in [0.1, 0.15) is 0 Å². The molecule has 0 atom stereocenters. The van der Waals surface area contributed by atoms with E-state index in [9.17, 15) is 9.59 Å². The molecule has 0 bridgehead atoms. The molecular weight excluding hydrogens is 240 g/mol. The van der Waals surface area contributed by atoms with Crippen LogP contribution >= 0.6 is 11.6 Å². The molecule has 0 saturated heterocycles. The van der Waals surface area contributed by atoms with Crippen LogP contribution in [0.4, 0.5) is 0 Å². The summed E-state index contributed by atoms with van der Waals surface area (Å²) in [6, 6.07) is 4.90. The van der Waals surface area contributed by atoms with Crippen LogP contribution in [0.3, 0.4) is 0 Å². The molecule has 92 valence electrons. The third-order valence-corrected chi connectivity index (χ3v) is 2.65. The highest BCUT2D eigenvalue weighted by atomic mass is 35.5. The van der Waals surface area contributed by atoms with E-state index in [1.807, 2.05) is 6.92 Å². The number of rotatable bonds is 5. The molecule has 4 heteroatoms. The fraction of sp³-hybridized carbons (Fsp3) is 0.385. The molecule has 0 aliphatic rings. The summed E-state index contributed by atoms with van der Waals surface area (Å²) in [6.07, 6.45) is 1.83. The van der Waals surface area contributed by atoms with Crippen molar-refractivity contribution in [3.8, 4) is 0 Å². The second kappa shape index (κ2) is 6.40. The molecule has 0 N–H and O–H groups in total. The summed E-state index contributed by atoms with van der Waals surface area (Å²) in [5.74, 6) is -1.50. The molecule has 0 spiro atoms. The van der Waals surface area contributed by atoms with Crippen molar-refractivity contribution in [2.45, 2.75) is 26.7 Å². The molecule has 0 amide bonds. The maximum atomic E-state index is 11.6. The number of hydrogen-bond donors (Lipinski definition) is 0. The van der Waals surface area contributed by atoms with Crippen molar-refractivity contribution in [1.82, 2.24) is 0 Å². The lowest BCUT2D eigenvalue weighted by molar-refractivity contribution is -0.137. The second-order valence-electron chi connectivity index (χ2n) is 3.61. The van der Waals surface area contributed by atoms with Crippen LogP contribution in [0.15, 0.2) is 18.2 Å². The molecule has 1 aromatic rings. The largest absolute Gasteiger partial charge is 0.460 e. The van der Waals surface area contributed by atoms with Gasteiger partial charge in [0.15, 0.2) is 0 Å². The van der Waals surface area contributed by atoms with Gasteiger partial charge in [-0.3, -0.25) is 4.79 Å². The molecule has 0 heterocycles. The Morgan fingerprint density at radius 2 is 2.00 bits per heavy atom. The number of aryl methyl sites for hydroxylation is 1. The maximum absolute atomic E-state index is 11.6. The molecule has 0 aromatic heterocycles. The number of ether oxygens (including phenoxy) is 1. The number of benzene rings is 1. The third-order valence-electron chi connectivity index (χ3n) is 2.30. The molecular formula is C13H15ClO3. The fourth-order valence-electron chi connectivity index (χ4n) is 1.48. The first-order valence-corrected chi connectivity index (χ1v) is 5.97. The number of carbonyl (C=O) groups excluding carboxylic acids is 2. The van der Waals surface area contributed by atoms with E-state index in [2.05, 4.69) is 4.74 Å². The molecule has 3 nitrogen and oxygen atoms in total. The number of hydrogen-bond acceptors (Lipinski definition) is 3. The van der Waals surface area contributed by atoms with Crippen molar-refractivity contribution in [3.63, 3.8) is 0 Å². The van der Waals surface area contributed by atoms with Gasteiger partial charge >= 0.3 is 5.97 Å². The van der Waals surface area contributed by atoms with Crippen molar-refractivity contribution >= 4 is 23.4 Å². The van der Waals surface area contributed by atoms with Crippen LogP contribution in [0.25, 0.3) is 0 Å². The lowest BCUT2D eigenvalue weighted by Crippen LogP contribution is -2.17. The Kier molecular flexibility index (Phi) is 5.16. The minimum Gasteiger partial charge on any atom is -0.460 e. The Hall–Kier alpha value is -1.35. The highest BCUT2D eigenvalue weighted by Crippen LogP contribution is 2.19. The summed E-state index contributed by atoms with van der Waals surface area (Å²) in [5.41, 5.74) is 1.25.